The molecule has 10 aromatic carbocycles. The summed E-state index contributed by atoms with van der Waals surface area (Å²) in [5.74, 6) is 0.776. The number of benzene rings is 10. The Morgan fingerprint density at radius 3 is 1.14 bits per heavy atom. The summed E-state index contributed by atoms with van der Waals surface area (Å²) in [4.78, 5) is 66.0. The van der Waals surface area contributed by atoms with Gasteiger partial charge in [0.2, 0.25) is 0 Å². The molecule has 12 nitrogen and oxygen atoms in total. The molecule has 0 aliphatic carbocycles. The third-order valence-electron chi connectivity index (χ3n) is 18.2. The smallest absolute Gasteiger partial charge is 0.340 e. The van der Waals surface area contributed by atoms with Crippen molar-refractivity contribution in [2.75, 3.05) is 47.8 Å². The number of anilines is 6. The van der Waals surface area contributed by atoms with E-state index in [9.17, 15) is 9.59 Å². The van der Waals surface area contributed by atoms with Gasteiger partial charge in [-0.25, -0.2) is 9.59 Å². The van der Waals surface area contributed by atoms with E-state index in [0.29, 0.717) is 108 Å². The summed E-state index contributed by atoms with van der Waals surface area (Å²) in [6.07, 6.45) is 0.707. The Labute approximate surface area is 511 Å². The Hall–Kier alpha value is -10.7. The van der Waals surface area contributed by atoms with Gasteiger partial charge in [-0.3, -0.25) is 19.4 Å². The van der Waals surface area contributed by atoms with E-state index in [4.69, 9.17) is 18.9 Å². The molecular weight excluding hydrogens is 1100 g/mol. The van der Waals surface area contributed by atoms with Crippen molar-refractivity contribution in [1.82, 2.24) is 0 Å². The van der Waals surface area contributed by atoms with Gasteiger partial charge in [-0.2, -0.15) is 0 Å². The van der Waals surface area contributed by atoms with Crippen LogP contribution < -0.4 is 29.1 Å². The second-order valence-corrected chi connectivity index (χ2v) is 23.6. The molecule has 88 heavy (non-hydrogen) atoms. The van der Waals surface area contributed by atoms with Crippen LogP contribution in [0.4, 0.5) is 34.1 Å². The van der Waals surface area contributed by atoms with Gasteiger partial charge in [-0.05, 0) is 152 Å². The molecule has 0 radical (unpaired) electrons. The van der Waals surface area contributed by atoms with E-state index in [1.807, 2.05) is 234 Å². The minimum absolute atomic E-state index is 0.250. The van der Waals surface area contributed by atoms with Crippen LogP contribution >= 0.6 is 0 Å². The average Bonchev–Trinajstić information content (AvgIpc) is 1.41. The first-order valence-corrected chi connectivity index (χ1v) is 29.5. The van der Waals surface area contributed by atoms with Crippen LogP contribution in [0.25, 0.3) is 0 Å². The molecule has 0 saturated carbocycles. The second kappa shape index (κ2) is 20.8. The Bertz CT molecular complexity index is 4240. The summed E-state index contributed by atoms with van der Waals surface area (Å²) in [5, 5.41) is 0. The number of nitrogens with zero attached hydrogens (tertiary/aromatic N) is 4. The SMILES string of the molecule is CCC(C)(c1ccc(N(C(=O)c2ccccc2)c2cc3c(cc2C)Oc2cc(N(C)C)ccc2C32OC(=O)c3ccccc32)cc1)c1ccc(N(C(=O)c2ccccc2)c2cc3c(cc2C)Oc2cc(N(C)C)ccc2C32OC(=O)c3ccccc32)cc1. The van der Waals surface area contributed by atoms with E-state index in [1.165, 1.54) is 0 Å². The molecule has 2 amide bonds. The topological polar surface area (TPSA) is 118 Å². The van der Waals surface area contributed by atoms with Crippen molar-refractivity contribution in [3.63, 3.8) is 0 Å². The van der Waals surface area contributed by atoms with E-state index in [2.05, 4.69) is 38.1 Å². The molecule has 0 fully saturated rings. The van der Waals surface area contributed by atoms with Gasteiger partial charge in [0.15, 0.2) is 11.2 Å². The minimum atomic E-state index is -1.38. The van der Waals surface area contributed by atoms with Crippen molar-refractivity contribution in [2.45, 2.75) is 50.7 Å². The lowest BCUT2D eigenvalue weighted by atomic mass is 9.74. The fourth-order valence-electron chi connectivity index (χ4n) is 13.3. The highest BCUT2D eigenvalue weighted by molar-refractivity contribution is 6.13. The Balaban J connectivity index is 0.851. The number of ether oxygens (including phenoxy) is 4. The summed E-state index contributed by atoms with van der Waals surface area (Å²) in [7, 11) is 7.86. The highest BCUT2D eigenvalue weighted by Gasteiger charge is 2.56. The van der Waals surface area contributed by atoms with E-state index in [-0.39, 0.29) is 11.8 Å². The first kappa shape index (κ1) is 55.2. The molecule has 434 valence electrons. The maximum absolute atomic E-state index is 15.3. The second-order valence-electron chi connectivity index (χ2n) is 23.6. The molecule has 2 unspecified atom stereocenters. The number of carbonyl (C=O) groups is 4. The molecule has 10 aromatic rings. The zero-order chi connectivity index (χ0) is 61.0. The van der Waals surface area contributed by atoms with Crippen LogP contribution in [-0.4, -0.2) is 51.9 Å². The number of esters is 2. The zero-order valence-corrected chi connectivity index (χ0v) is 50.0. The highest BCUT2D eigenvalue weighted by Crippen LogP contribution is 2.60. The van der Waals surface area contributed by atoms with Crippen LogP contribution in [0.15, 0.2) is 218 Å². The maximum atomic E-state index is 15.3. The zero-order valence-electron chi connectivity index (χ0n) is 50.0. The van der Waals surface area contributed by atoms with E-state index >= 15 is 9.59 Å². The van der Waals surface area contributed by atoms with Crippen LogP contribution in [0.3, 0.4) is 0 Å². The molecule has 14 rings (SSSR count). The lowest BCUT2D eigenvalue weighted by Crippen LogP contribution is -2.34. The van der Waals surface area contributed by atoms with Gasteiger partial charge in [-0.1, -0.05) is 111 Å². The van der Waals surface area contributed by atoms with E-state index in [1.54, 1.807) is 21.9 Å². The van der Waals surface area contributed by atoms with Gasteiger partial charge in [0.1, 0.15) is 23.0 Å². The molecule has 0 bridgehead atoms. The maximum Gasteiger partial charge on any atom is 0.340 e. The number of hydrogen-bond donors (Lipinski definition) is 0. The first-order chi connectivity index (χ1) is 42.5. The lowest BCUT2D eigenvalue weighted by molar-refractivity contribution is 0.0214. The summed E-state index contributed by atoms with van der Waals surface area (Å²) in [6, 6.07) is 69.2. The third-order valence-corrected chi connectivity index (χ3v) is 18.2. The van der Waals surface area contributed by atoms with Gasteiger partial charge >= 0.3 is 11.9 Å². The molecular formula is C76H62N4O8. The summed E-state index contributed by atoms with van der Waals surface area (Å²) in [5.41, 5.74) is 10.4. The highest BCUT2D eigenvalue weighted by atomic mass is 16.6. The number of amides is 2. The molecule has 0 saturated heterocycles. The van der Waals surface area contributed by atoms with Gasteiger partial charge in [0, 0.05) is 113 Å². The minimum Gasteiger partial charge on any atom is -0.456 e. The lowest BCUT2D eigenvalue weighted by Gasteiger charge is -2.38. The number of carbonyl (C=O) groups excluding carboxylic acids is 4. The predicted octanol–water partition coefficient (Wildman–Crippen LogP) is 16.2. The van der Waals surface area contributed by atoms with Crippen LogP contribution in [0.5, 0.6) is 23.0 Å². The molecule has 4 aliphatic rings. The van der Waals surface area contributed by atoms with Gasteiger partial charge in [-0.15, -0.1) is 0 Å². The molecule has 0 aromatic heterocycles. The van der Waals surface area contributed by atoms with Gasteiger partial charge in [0.25, 0.3) is 11.8 Å². The normalized spacial score (nSPS) is 16.9. The summed E-state index contributed by atoms with van der Waals surface area (Å²) < 4.78 is 26.8. The molecule has 12 heteroatoms. The van der Waals surface area contributed by atoms with Gasteiger partial charge in [0.05, 0.1) is 22.5 Å². The predicted molar refractivity (Wildman–Crippen MR) is 343 cm³/mol. The van der Waals surface area contributed by atoms with Crippen molar-refractivity contribution in [3.05, 3.63) is 296 Å². The molecule has 2 atom stereocenters. The molecule has 2 spiro atoms. The molecule has 4 heterocycles. The number of hydrogen-bond acceptors (Lipinski definition) is 10. The number of rotatable bonds is 11. The van der Waals surface area contributed by atoms with Gasteiger partial charge < -0.3 is 28.7 Å². The van der Waals surface area contributed by atoms with Crippen LogP contribution in [0.2, 0.25) is 0 Å². The first-order valence-electron chi connectivity index (χ1n) is 29.5. The van der Waals surface area contributed by atoms with E-state index in [0.717, 1.165) is 33.6 Å². The Morgan fingerprint density at radius 1 is 0.409 bits per heavy atom. The van der Waals surface area contributed by atoms with Crippen molar-refractivity contribution in [1.29, 1.82) is 0 Å². The summed E-state index contributed by atoms with van der Waals surface area (Å²) in [6.45, 7) is 8.28. The summed E-state index contributed by atoms with van der Waals surface area (Å²) >= 11 is 0. The Morgan fingerprint density at radius 2 is 0.761 bits per heavy atom. The van der Waals surface area contributed by atoms with E-state index < -0.39 is 28.6 Å². The number of fused-ring (bicyclic) bond motifs is 12. The van der Waals surface area contributed by atoms with Crippen molar-refractivity contribution >= 4 is 57.9 Å². The number of aryl methyl sites for hydroxylation is 2. The van der Waals surface area contributed by atoms with Crippen LogP contribution in [-0.2, 0) is 26.1 Å². The Kier molecular flexibility index (Phi) is 13.0. The largest absolute Gasteiger partial charge is 0.456 e. The third kappa shape index (κ3) is 8.41. The molecule has 4 aliphatic heterocycles. The van der Waals surface area contributed by atoms with Crippen LogP contribution in [0.1, 0.15) is 117 Å². The fourth-order valence-corrected chi connectivity index (χ4v) is 13.3. The quantitative estimate of drug-likeness (QED) is 0.116. The van der Waals surface area contributed by atoms with Crippen LogP contribution in [0, 0.1) is 13.8 Å². The monoisotopic (exact) mass is 1160 g/mol. The molecule has 0 N–H and O–H groups in total. The fraction of sp³-hybridized carbons (Fsp3) is 0.158. The van der Waals surface area contributed by atoms with Crippen molar-refractivity contribution in [3.8, 4) is 23.0 Å². The van der Waals surface area contributed by atoms with Crippen molar-refractivity contribution in [2.24, 2.45) is 0 Å². The van der Waals surface area contributed by atoms with Crippen molar-refractivity contribution < 1.29 is 38.1 Å². The average molecular weight is 1160 g/mol. The standard InChI is InChI=1S/C76H62N4O8/c1-9-74(4,50-28-32-52(33-29-50)79(70(81)48-20-12-10-13-21-48)64-44-62-66(40-46(64)2)85-68-42-54(77(5)6)36-38-60(68)75(62)58-26-18-16-24-56(58)72(83)87-75)51-30-34-53(35-31-51)80(71(82)49-22-14-11-15-23-49)65-45-63-67(41-47(65)3)86-69-43-55(78(7)8)37-39-61(69)76(63)59-27-19-17-25-57(59)73(84)88-76/h10-45H,9H2,1-8H3.